The van der Waals surface area contributed by atoms with Gasteiger partial charge in [-0.3, -0.25) is 9.69 Å². The lowest BCUT2D eigenvalue weighted by molar-refractivity contribution is 0.0951. The molecule has 1 aromatic heterocycles. The fourth-order valence-electron chi connectivity index (χ4n) is 3.79. The second kappa shape index (κ2) is 7.91. The Morgan fingerprint density at radius 3 is 2.66 bits per heavy atom. The lowest BCUT2D eigenvalue weighted by Crippen LogP contribution is -2.55. The number of nitrogens with one attached hydrogen (secondary N) is 1. The van der Waals surface area contributed by atoms with Crippen molar-refractivity contribution in [1.82, 2.24) is 15.2 Å². The van der Waals surface area contributed by atoms with Gasteiger partial charge in [0.1, 0.15) is 5.82 Å². The van der Waals surface area contributed by atoms with Crippen LogP contribution in [0.4, 0.5) is 15.8 Å². The molecule has 1 saturated carbocycles. The van der Waals surface area contributed by atoms with Gasteiger partial charge in [-0.2, -0.15) is 0 Å². The second-order valence-electron chi connectivity index (χ2n) is 8.35. The Morgan fingerprint density at radius 1 is 1.31 bits per heavy atom. The molecule has 2 heterocycles. The van der Waals surface area contributed by atoms with Gasteiger partial charge >= 0.3 is 0 Å². The number of halogens is 1. The van der Waals surface area contributed by atoms with Crippen LogP contribution in [0.3, 0.4) is 0 Å². The minimum Gasteiger partial charge on any atom is -0.397 e. The number of aromatic nitrogens is 1. The van der Waals surface area contributed by atoms with E-state index < -0.39 is 0 Å². The lowest BCUT2D eigenvalue weighted by atomic mass is 10.1. The summed E-state index contributed by atoms with van der Waals surface area (Å²) in [5.41, 5.74) is 8.34. The number of piperazine rings is 1. The monoisotopic (exact) mass is 417 g/mol. The molecule has 156 valence electrons. The number of rotatable bonds is 5. The Morgan fingerprint density at radius 2 is 2.00 bits per heavy atom. The molecule has 4 rings (SSSR count). The number of nitrogen functional groups attached to an aromatic ring is 1. The molecule has 2 atom stereocenters. The molecule has 0 bridgehead atoms. The molecule has 1 aromatic carbocycles. The van der Waals surface area contributed by atoms with E-state index in [0.29, 0.717) is 46.5 Å². The first-order valence-electron chi connectivity index (χ1n) is 10.1. The molecule has 2 aliphatic rings. The Balaban J connectivity index is 1.53. The minimum atomic E-state index is -0.372. The van der Waals surface area contributed by atoms with Crippen molar-refractivity contribution in [3.05, 3.63) is 28.3 Å². The highest BCUT2D eigenvalue weighted by atomic mass is 32.1. The van der Waals surface area contributed by atoms with E-state index >= 15 is 0 Å². The zero-order valence-corrected chi connectivity index (χ0v) is 17.9. The summed E-state index contributed by atoms with van der Waals surface area (Å²) in [5.74, 6) is 0.0328. The lowest BCUT2D eigenvalue weighted by Gasteiger charge is -2.43. The maximum absolute atomic E-state index is 15.0. The van der Waals surface area contributed by atoms with E-state index in [4.69, 9.17) is 5.73 Å². The first kappa shape index (κ1) is 20.1. The highest BCUT2D eigenvalue weighted by Crippen LogP contribution is 2.34. The van der Waals surface area contributed by atoms with Gasteiger partial charge in [0.15, 0.2) is 5.01 Å². The van der Waals surface area contributed by atoms with Crippen molar-refractivity contribution in [2.24, 2.45) is 5.92 Å². The van der Waals surface area contributed by atoms with E-state index in [0.717, 1.165) is 18.8 Å². The highest BCUT2D eigenvalue weighted by molar-refractivity contribution is 7.12. The zero-order chi connectivity index (χ0) is 20.7. The normalized spacial score (nSPS) is 22.7. The van der Waals surface area contributed by atoms with Gasteiger partial charge in [0.25, 0.3) is 5.91 Å². The first-order valence-corrected chi connectivity index (χ1v) is 11.0. The fourth-order valence-corrected chi connectivity index (χ4v) is 4.52. The molecular formula is C21H28FN5OS. The molecule has 1 saturated heterocycles. The van der Waals surface area contributed by atoms with E-state index in [1.54, 1.807) is 11.4 Å². The van der Waals surface area contributed by atoms with Crippen LogP contribution in [-0.4, -0.2) is 54.6 Å². The highest BCUT2D eigenvalue weighted by Gasteiger charge is 2.28. The topological polar surface area (TPSA) is 74.5 Å². The van der Waals surface area contributed by atoms with Crippen molar-refractivity contribution in [3.63, 3.8) is 0 Å². The molecule has 29 heavy (non-hydrogen) atoms. The standard InChI is InChI=1S/C21H28FN5OS/c1-12-9-27(10-13(2)26(12)3)19-7-16(22)15(6-17(19)23)18-11-29-21(25-18)20(28)24-8-14-4-5-14/h6-7,11-14H,4-5,8-10,23H2,1-3H3,(H,24,28)/t12-,13+. The maximum Gasteiger partial charge on any atom is 0.280 e. The number of hydrogen-bond donors (Lipinski definition) is 2. The summed E-state index contributed by atoms with van der Waals surface area (Å²) in [4.78, 5) is 21.0. The van der Waals surface area contributed by atoms with Crippen LogP contribution in [0, 0.1) is 11.7 Å². The molecule has 8 heteroatoms. The van der Waals surface area contributed by atoms with Crippen LogP contribution in [0.25, 0.3) is 11.3 Å². The number of carbonyl (C=O) groups excluding carboxylic acids is 1. The number of anilines is 2. The van der Waals surface area contributed by atoms with Gasteiger partial charge < -0.3 is 16.0 Å². The molecule has 1 aliphatic carbocycles. The first-order chi connectivity index (χ1) is 13.8. The van der Waals surface area contributed by atoms with Crippen molar-refractivity contribution in [1.29, 1.82) is 0 Å². The molecule has 2 fully saturated rings. The van der Waals surface area contributed by atoms with Crippen LogP contribution >= 0.6 is 11.3 Å². The summed E-state index contributed by atoms with van der Waals surface area (Å²) in [5, 5.41) is 4.96. The van der Waals surface area contributed by atoms with Gasteiger partial charge in [0.05, 0.1) is 17.1 Å². The predicted molar refractivity (Wildman–Crippen MR) is 116 cm³/mol. The summed E-state index contributed by atoms with van der Waals surface area (Å²) in [7, 11) is 2.11. The third-order valence-electron chi connectivity index (χ3n) is 6.04. The van der Waals surface area contributed by atoms with E-state index in [-0.39, 0.29) is 11.7 Å². The largest absolute Gasteiger partial charge is 0.397 e. The molecular weight excluding hydrogens is 389 g/mol. The number of hydrogen-bond acceptors (Lipinski definition) is 6. The van der Waals surface area contributed by atoms with E-state index in [1.165, 1.54) is 30.2 Å². The number of amides is 1. The Bertz CT molecular complexity index is 900. The smallest absolute Gasteiger partial charge is 0.280 e. The van der Waals surface area contributed by atoms with Crippen LogP contribution in [0.15, 0.2) is 17.5 Å². The van der Waals surface area contributed by atoms with Gasteiger partial charge in [-0.15, -0.1) is 11.3 Å². The number of benzene rings is 1. The molecule has 0 unspecified atom stereocenters. The summed E-state index contributed by atoms with van der Waals surface area (Å²) < 4.78 is 15.0. The summed E-state index contributed by atoms with van der Waals surface area (Å²) in [6.45, 7) is 6.60. The minimum absolute atomic E-state index is 0.196. The molecule has 1 aliphatic heterocycles. The van der Waals surface area contributed by atoms with Crippen LogP contribution in [-0.2, 0) is 0 Å². The number of likely N-dealkylation sites (N-methyl/N-ethyl adjacent to an activating group) is 1. The molecule has 3 N–H and O–H groups in total. The summed E-state index contributed by atoms with van der Waals surface area (Å²) in [6, 6.07) is 3.85. The van der Waals surface area contributed by atoms with Gasteiger partial charge in [-0.1, -0.05) is 0 Å². The van der Waals surface area contributed by atoms with Crippen LogP contribution in [0.2, 0.25) is 0 Å². The number of thiazole rings is 1. The molecule has 6 nitrogen and oxygen atoms in total. The van der Waals surface area contributed by atoms with Crippen LogP contribution in [0.5, 0.6) is 0 Å². The fraction of sp³-hybridized carbons (Fsp3) is 0.524. The van der Waals surface area contributed by atoms with Crippen LogP contribution < -0.4 is 16.0 Å². The van der Waals surface area contributed by atoms with Gasteiger partial charge in [0.2, 0.25) is 0 Å². The Kier molecular flexibility index (Phi) is 5.48. The van der Waals surface area contributed by atoms with E-state index in [9.17, 15) is 9.18 Å². The van der Waals surface area contributed by atoms with E-state index in [1.807, 2.05) is 0 Å². The van der Waals surface area contributed by atoms with Gasteiger partial charge in [-0.25, -0.2) is 9.37 Å². The Labute approximate surface area is 174 Å². The quantitative estimate of drug-likeness (QED) is 0.731. The average Bonchev–Trinajstić information content (AvgIpc) is 3.39. The third kappa shape index (κ3) is 4.23. The predicted octanol–water partition coefficient (Wildman–Crippen LogP) is 3.20. The van der Waals surface area contributed by atoms with Crippen molar-refractivity contribution in [2.45, 2.75) is 38.8 Å². The number of nitrogens with two attached hydrogens (primary N) is 1. The van der Waals surface area contributed by atoms with Gasteiger partial charge in [-0.05, 0) is 51.8 Å². The second-order valence-corrected chi connectivity index (χ2v) is 9.21. The Hall–Kier alpha value is -2.19. The maximum atomic E-state index is 15.0. The zero-order valence-electron chi connectivity index (χ0n) is 17.1. The number of carbonyl (C=O) groups is 1. The van der Waals surface area contributed by atoms with Crippen molar-refractivity contribution in [2.75, 3.05) is 37.3 Å². The van der Waals surface area contributed by atoms with Crippen molar-refractivity contribution < 1.29 is 9.18 Å². The summed E-state index contributed by atoms with van der Waals surface area (Å²) >= 11 is 1.23. The molecule has 0 spiro atoms. The SMILES string of the molecule is C[C@@H]1CN(c2cc(F)c(-c3csc(C(=O)NCC4CC4)n3)cc2N)C[C@H](C)N1C. The van der Waals surface area contributed by atoms with Crippen molar-refractivity contribution in [3.8, 4) is 11.3 Å². The summed E-state index contributed by atoms with van der Waals surface area (Å²) in [6.07, 6.45) is 2.34. The van der Waals surface area contributed by atoms with E-state index in [2.05, 4.69) is 41.0 Å². The third-order valence-corrected chi connectivity index (χ3v) is 6.88. The average molecular weight is 418 g/mol. The van der Waals surface area contributed by atoms with Gasteiger partial charge in [0, 0.05) is 42.7 Å². The van der Waals surface area contributed by atoms with Crippen molar-refractivity contribution >= 4 is 28.6 Å². The molecule has 0 radical (unpaired) electrons. The molecule has 1 amide bonds. The van der Waals surface area contributed by atoms with Crippen LogP contribution in [0.1, 0.15) is 36.5 Å². The number of nitrogens with zero attached hydrogens (tertiary/aromatic N) is 3. The molecule has 2 aromatic rings.